The maximum absolute atomic E-state index is 11.9. The van der Waals surface area contributed by atoms with Gasteiger partial charge in [-0.05, 0) is 51.9 Å². The Hall–Kier alpha value is -1.66. The topological polar surface area (TPSA) is 65.4 Å². The van der Waals surface area contributed by atoms with Gasteiger partial charge in [0.05, 0.1) is 5.69 Å². The number of aromatic nitrogens is 3. The Morgan fingerprint density at radius 2 is 2.24 bits per heavy atom. The molecule has 6 heteroatoms. The summed E-state index contributed by atoms with van der Waals surface area (Å²) in [6.45, 7) is 4.08. The number of rotatable bonds is 5. The van der Waals surface area contributed by atoms with Gasteiger partial charge in [0.15, 0.2) is 5.65 Å². The molecule has 2 N–H and O–H groups in total. The van der Waals surface area contributed by atoms with Gasteiger partial charge in [-0.2, -0.15) is 0 Å². The zero-order valence-electron chi connectivity index (χ0n) is 12.5. The van der Waals surface area contributed by atoms with Crippen LogP contribution in [-0.4, -0.2) is 46.2 Å². The van der Waals surface area contributed by atoms with E-state index < -0.39 is 0 Å². The number of aromatic amines is 1. The second kappa shape index (κ2) is 6.41. The highest BCUT2D eigenvalue weighted by Gasteiger charge is 2.19. The summed E-state index contributed by atoms with van der Waals surface area (Å²) in [6, 6.07) is 3.46. The highest BCUT2D eigenvalue weighted by molar-refractivity contribution is 5.36. The Kier molecular flexibility index (Phi) is 4.36. The molecule has 0 bridgehead atoms. The zero-order chi connectivity index (χ0) is 14.7. The summed E-state index contributed by atoms with van der Waals surface area (Å²) in [6.07, 6.45) is 5.49. The Balaban J connectivity index is 1.60. The number of H-pyrrole nitrogens is 1. The molecule has 6 nitrogen and oxygen atoms in total. The predicted molar refractivity (Wildman–Crippen MR) is 82.4 cm³/mol. The van der Waals surface area contributed by atoms with E-state index in [1.807, 2.05) is 13.1 Å². The van der Waals surface area contributed by atoms with Crippen LogP contribution >= 0.6 is 0 Å². The molecule has 1 aliphatic rings. The molecule has 0 spiro atoms. The Labute approximate surface area is 124 Å². The number of nitrogens with zero attached hydrogens (tertiary/aromatic N) is 3. The summed E-state index contributed by atoms with van der Waals surface area (Å²) >= 11 is 0. The zero-order valence-corrected chi connectivity index (χ0v) is 12.5. The quantitative estimate of drug-likeness (QED) is 0.856. The minimum absolute atomic E-state index is 0.0380. The van der Waals surface area contributed by atoms with Crippen LogP contribution in [0.25, 0.3) is 5.65 Å². The number of hydrogen-bond acceptors (Lipinski definition) is 4. The summed E-state index contributed by atoms with van der Waals surface area (Å²) in [5.74, 6) is 0.833. The Morgan fingerprint density at radius 3 is 3.00 bits per heavy atom. The second-order valence-corrected chi connectivity index (χ2v) is 5.85. The van der Waals surface area contributed by atoms with E-state index >= 15 is 0 Å². The van der Waals surface area contributed by atoms with Crippen molar-refractivity contribution in [3.63, 3.8) is 0 Å². The van der Waals surface area contributed by atoms with Gasteiger partial charge in [-0.1, -0.05) is 0 Å². The Bertz CT molecular complexity index is 639. The third-order valence-corrected chi connectivity index (χ3v) is 4.33. The van der Waals surface area contributed by atoms with Crippen molar-refractivity contribution in [1.82, 2.24) is 24.8 Å². The van der Waals surface area contributed by atoms with E-state index in [0.717, 1.165) is 37.8 Å². The molecule has 21 heavy (non-hydrogen) atoms. The standard InChI is InChI=1S/C15H23N5O/c1-16-6-2-12-4-8-19(9-5-12)11-13-10-15(21)20-14(18-13)3-7-17-20/h3,7,10,12,16-17H,2,4-6,8-9,11H2,1H3. The first-order valence-electron chi connectivity index (χ1n) is 7.69. The number of nitrogens with one attached hydrogen (secondary N) is 2. The van der Waals surface area contributed by atoms with E-state index in [9.17, 15) is 4.79 Å². The number of hydrogen-bond donors (Lipinski definition) is 2. The molecule has 0 aliphatic carbocycles. The summed E-state index contributed by atoms with van der Waals surface area (Å²) in [5.41, 5.74) is 1.53. The highest BCUT2D eigenvalue weighted by Crippen LogP contribution is 2.20. The molecule has 0 aromatic carbocycles. The summed E-state index contributed by atoms with van der Waals surface area (Å²) in [7, 11) is 2.01. The van der Waals surface area contributed by atoms with Gasteiger partial charge in [-0.15, -0.1) is 0 Å². The van der Waals surface area contributed by atoms with Crippen LogP contribution in [0.1, 0.15) is 25.0 Å². The molecular formula is C15H23N5O. The van der Waals surface area contributed by atoms with E-state index in [1.54, 1.807) is 12.3 Å². The van der Waals surface area contributed by atoms with Crippen molar-refractivity contribution in [3.05, 3.63) is 34.4 Å². The molecule has 2 aromatic heterocycles. The van der Waals surface area contributed by atoms with Crippen LogP contribution in [0.4, 0.5) is 0 Å². The van der Waals surface area contributed by atoms with Crippen LogP contribution in [-0.2, 0) is 6.54 Å². The molecule has 1 fully saturated rings. The largest absolute Gasteiger partial charge is 0.320 e. The minimum Gasteiger partial charge on any atom is -0.320 e. The first kappa shape index (κ1) is 14.3. The molecule has 0 amide bonds. The van der Waals surface area contributed by atoms with Gasteiger partial charge in [0.25, 0.3) is 5.56 Å². The van der Waals surface area contributed by atoms with Crippen molar-refractivity contribution in [3.8, 4) is 0 Å². The molecule has 3 rings (SSSR count). The normalized spacial score (nSPS) is 17.6. The highest BCUT2D eigenvalue weighted by atomic mass is 16.1. The molecule has 0 saturated carbocycles. The van der Waals surface area contributed by atoms with Crippen LogP contribution in [0.15, 0.2) is 23.1 Å². The van der Waals surface area contributed by atoms with Crippen LogP contribution in [0, 0.1) is 5.92 Å². The maximum Gasteiger partial charge on any atom is 0.272 e. The van der Waals surface area contributed by atoms with E-state index in [4.69, 9.17) is 0 Å². The van der Waals surface area contributed by atoms with Gasteiger partial charge in [-0.3, -0.25) is 14.8 Å². The molecule has 0 unspecified atom stereocenters. The van der Waals surface area contributed by atoms with E-state index in [0.29, 0.717) is 5.65 Å². The third-order valence-electron chi connectivity index (χ3n) is 4.33. The fourth-order valence-electron chi connectivity index (χ4n) is 3.07. The lowest BCUT2D eigenvalue weighted by atomic mass is 9.93. The molecule has 1 saturated heterocycles. The average molecular weight is 289 g/mol. The Morgan fingerprint density at radius 1 is 1.43 bits per heavy atom. The fourth-order valence-corrected chi connectivity index (χ4v) is 3.07. The van der Waals surface area contributed by atoms with Crippen molar-refractivity contribution in [1.29, 1.82) is 0 Å². The number of fused-ring (bicyclic) bond motifs is 1. The monoisotopic (exact) mass is 289 g/mol. The second-order valence-electron chi connectivity index (χ2n) is 5.85. The molecule has 2 aromatic rings. The lowest BCUT2D eigenvalue weighted by Gasteiger charge is -2.31. The van der Waals surface area contributed by atoms with Crippen molar-refractivity contribution in [2.75, 3.05) is 26.7 Å². The smallest absolute Gasteiger partial charge is 0.272 e. The van der Waals surface area contributed by atoms with Gasteiger partial charge in [-0.25, -0.2) is 9.50 Å². The number of piperidine rings is 1. The predicted octanol–water partition coefficient (Wildman–Crippen LogP) is 0.844. The van der Waals surface area contributed by atoms with Crippen molar-refractivity contribution in [2.24, 2.45) is 5.92 Å². The first-order chi connectivity index (χ1) is 10.3. The van der Waals surface area contributed by atoms with Crippen LogP contribution in [0.3, 0.4) is 0 Å². The van der Waals surface area contributed by atoms with Crippen LogP contribution < -0.4 is 10.9 Å². The average Bonchev–Trinajstić information content (AvgIpc) is 2.95. The summed E-state index contributed by atoms with van der Waals surface area (Å²) in [5, 5.41) is 6.09. The van der Waals surface area contributed by atoms with Crippen molar-refractivity contribution < 1.29 is 0 Å². The lowest BCUT2D eigenvalue weighted by Crippen LogP contribution is -2.34. The van der Waals surface area contributed by atoms with Crippen molar-refractivity contribution >= 4 is 5.65 Å². The van der Waals surface area contributed by atoms with Crippen molar-refractivity contribution in [2.45, 2.75) is 25.8 Å². The molecule has 0 radical (unpaired) electrons. The molecule has 114 valence electrons. The van der Waals surface area contributed by atoms with Crippen LogP contribution in [0.5, 0.6) is 0 Å². The molecule has 0 atom stereocenters. The molecule has 1 aliphatic heterocycles. The summed E-state index contributed by atoms with van der Waals surface area (Å²) < 4.78 is 1.47. The van der Waals surface area contributed by atoms with Gasteiger partial charge in [0.1, 0.15) is 0 Å². The van der Waals surface area contributed by atoms with Gasteiger partial charge >= 0.3 is 0 Å². The van der Waals surface area contributed by atoms with E-state index in [-0.39, 0.29) is 5.56 Å². The van der Waals surface area contributed by atoms with Gasteiger partial charge in [0.2, 0.25) is 0 Å². The molecular weight excluding hydrogens is 266 g/mol. The minimum atomic E-state index is -0.0380. The summed E-state index contributed by atoms with van der Waals surface area (Å²) in [4.78, 5) is 18.9. The van der Waals surface area contributed by atoms with E-state index in [1.165, 1.54) is 23.8 Å². The third kappa shape index (κ3) is 3.33. The fraction of sp³-hybridized carbons (Fsp3) is 0.600. The molecule has 3 heterocycles. The number of likely N-dealkylation sites (tertiary alicyclic amines) is 1. The lowest BCUT2D eigenvalue weighted by molar-refractivity contribution is 0.171. The SMILES string of the molecule is CNCCC1CCN(Cc2cc(=O)n3[nH]ccc3n2)CC1. The van der Waals surface area contributed by atoms with E-state index in [2.05, 4.69) is 20.3 Å². The first-order valence-corrected chi connectivity index (χ1v) is 7.69. The maximum atomic E-state index is 11.9. The van der Waals surface area contributed by atoms with Crippen LogP contribution in [0.2, 0.25) is 0 Å². The van der Waals surface area contributed by atoms with Gasteiger partial charge < -0.3 is 5.32 Å². The van der Waals surface area contributed by atoms with Gasteiger partial charge in [0, 0.05) is 24.9 Å².